The number of carbonyl (C=O) groups is 1. The number of ketones is 1. The fourth-order valence-electron chi connectivity index (χ4n) is 1.95. The van der Waals surface area contributed by atoms with Gasteiger partial charge < -0.3 is 0 Å². The van der Waals surface area contributed by atoms with Gasteiger partial charge in [-0.2, -0.15) is 0 Å². The van der Waals surface area contributed by atoms with E-state index >= 15 is 0 Å². The predicted molar refractivity (Wildman–Crippen MR) is 83.2 cm³/mol. The molecule has 1 aromatic heterocycles. The Morgan fingerprint density at radius 1 is 1.05 bits per heavy atom. The average Bonchev–Trinajstić information content (AvgIpc) is 2.55. The van der Waals surface area contributed by atoms with Gasteiger partial charge in [-0.05, 0) is 24.5 Å². The number of benzene rings is 1. The van der Waals surface area contributed by atoms with Gasteiger partial charge in [0.05, 0.1) is 0 Å². The summed E-state index contributed by atoms with van der Waals surface area (Å²) in [5, 5.41) is 7.89. The fourth-order valence-corrected chi connectivity index (χ4v) is 1.95. The van der Waals surface area contributed by atoms with Crippen LogP contribution in [-0.4, -0.2) is 21.5 Å². The molecule has 0 fully saturated rings. The number of nitrogens with zero attached hydrogens (tertiary/aromatic N) is 2. The Balaban J connectivity index is 1.82. The molecule has 0 aliphatic rings. The number of Topliss-reactive ketones (excluding diaryl/α,β-unsaturated/α-hetero) is 1. The largest absolute Gasteiger partial charge is 0.297 e. The van der Waals surface area contributed by atoms with Crippen LogP contribution in [0.15, 0.2) is 55.4 Å². The second-order valence-corrected chi connectivity index (χ2v) is 4.69. The second kappa shape index (κ2) is 7.24. The molecule has 4 nitrogen and oxygen atoms in total. The van der Waals surface area contributed by atoms with E-state index in [0.29, 0.717) is 30.7 Å². The number of aromatic nitrogens is 2. The summed E-state index contributed by atoms with van der Waals surface area (Å²) in [6, 6.07) is 10.8. The van der Waals surface area contributed by atoms with Crippen LogP contribution in [0.4, 0.5) is 0 Å². The van der Waals surface area contributed by atoms with Crippen LogP contribution in [0.1, 0.15) is 30.7 Å². The molecular weight excluding hydrogens is 262 g/mol. The van der Waals surface area contributed by atoms with Crippen molar-refractivity contribution in [2.75, 3.05) is 0 Å². The van der Waals surface area contributed by atoms with E-state index in [1.165, 1.54) is 0 Å². The Morgan fingerprint density at radius 3 is 2.38 bits per heavy atom. The summed E-state index contributed by atoms with van der Waals surface area (Å²) in [7, 11) is 0. The molecule has 1 aromatic carbocycles. The van der Waals surface area contributed by atoms with Crippen LogP contribution in [0.25, 0.3) is 5.57 Å². The number of nitrogens with one attached hydrogen (secondary N) is 1. The molecular formula is C17H17N3O. The molecule has 2 rings (SSSR count). The van der Waals surface area contributed by atoms with Gasteiger partial charge in [-0.15, -0.1) is 0 Å². The SMILES string of the molecule is C=C(CCCC(=O)C(=N)c1ccccc1)c1ncccn1. The lowest BCUT2D eigenvalue weighted by molar-refractivity contribution is -0.113. The standard InChI is InChI=1S/C17H17N3O/c1-13(17-19-11-6-12-20-17)7-5-10-15(21)16(18)14-8-3-2-4-9-14/h2-4,6,8-9,11-12,18H,1,5,7,10H2. The van der Waals surface area contributed by atoms with Crippen LogP contribution in [0.3, 0.4) is 0 Å². The first-order chi connectivity index (χ1) is 10.2. The van der Waals surface area contributed by atoms with Gasteiger partial charge in [-0.1, -0.05) is 36.9 Å². The van der Waals surface area contributed by atoms with Crippen molar-refractivity contribution in [2.45, 2.75) is 19.3 Å². The van der Waals surface area contributed by atoms with Crippen LogP contribution in [0.5, 0.6) is 0 Å². The number of rotatable bonds is 7. The second-order valence-electron chi connectivity index (χ2n) is 4.69. The monoisotopic (exact) mass is 279 g/mol. The zero-order chi connectivity index (χ0) is 15.1. The Labute approximate surface area is 124 Å². The minimum absolute atomic E-state index is 0.0668. The Hall–Kier alpha value is -2.62. The highest BCUT2D eigenvalue weighted by molar-refractivity contribution is 6.44. The third kappa shape index (κ3) is 4.18. The van der Waals surface area contributed by atoms with E-state index in [2.05, 4.69) is 16.5 Å². The van der Waals surface area contributed by atoms with Gasteiger partial charge in [0.25, 0.3) is 0 Å². The summed E-state index contributed by atoms with van der Waals surface area (Å²) >= 11 is 0. The molecule has 0 atom stereocenters. The molecule has 0 unspecified atom stereocenters. The zero-order valence-electron chi connectivity index (χ0n) is 11.7. The molecule has 0 aliphatic carbocycles. The highest BCUT2D eigenvalue weighted by Crippen LogP contribution is 2.15. The number of hydrogen-bond donors (Lipinski definition) is 1. The van der Waals surface area contributed by atoms with E-state index in [0.717, 1.165) is 5.57 Å². The summed E-state index contributed by atoms with van der Waals surface area (Å²) in [4.78, 5) is 20.2. The molecule has 21 heavy (non-hydrogen) atoms. The van der Waals surface area contributed by atoms with Gasteiger partial charge in [0.2, 0.25) is 0 Å². The summed E-state index contributed by atoms with van der Waals surface area (Å²) in [5.74, 6) is 0.464. The molecule has 106 valence electrons. The lowest BCUT2D eigenvalue weighted by atomic mass is 10.0. The van der Waals surface area contributed by atoms with Gasteiger partial charge >= 0.3 is 0 Å². The summed E-state index contributed by atoms with van der Waals surface area (Å²) in [5.41, 5.74) is 1.54. The number of allylic oxidation sites excluding steroid dienone is 1. The summed E-state index contributed by atoms with van der Waals surface area (Å²) in [6.07, 6.45) is 4.97. The molecule has 2 aromatic rings. The van der Waals surface area contributed by atoms with Gasteiger partial charge in [-0.25, -0.2) is 9.97 Å². The number of hydrogen-bond acceptors (Lipinski definition) is 4. The Kier molecular flexibility index (Phi) is 5.10. The van der Waals surface area contributed by atoms with E-state index in [1.807, 2.05) is 18.2 Å². The lowest BCUT2D eigenvalue weighted by Crippen LogP contribution is -2.13. The van der Waals surface area contributed by atoms with E-state index in [1.54, 1.807) is 30.6 Å². The molecule has 0 aliphatic heterocycles. The summed E-state index contributed by atoms with van der Waals surface area (Å²) < 4.78 is 0. The Bertz CT molecular complexity index is 636. The molecule has 0 saturated heterocycles. The molecule has 1 N–H and O–H groups in total. The smallest absolute Gasteiger partial charge is 0.181 e. The van der Waals surface area contributed by atoms with Crippen LogP contribution in [0.2, 0.25) is 0 Å². The predicted octanol–water partition coefficient (Wildman–Crippen LogP) is 3.30. The molecule has 0 saturated carbocycles. The minimum Gasteiger partial charge on any atom is -0.297 e. The van der Waals surface area contributed by atoms with Crippen molar-refractivity contribution in [1.82, 2.24) is 9.97 Å². The molecule has 0 radical (unpaired) electrons. The molecule has 0 amide bonds. The maximum absolute atomic E-state index is 12.0. The maximum Gasteiger partial charge on any atom is 0.181 e. The van der Waals surface area contributed by atoms with Crippen LogP contribution in [-0.2, 0) is 4.79 Å². The number of carbonyl (C=O) groups excluding carboxylic acids is 1. The molecule has 1 heterocycles. The first kappa shape index (κ1) is 14.8. The van der Waals surface area contributed by atoms with Crippen molar-refractivity contribution in [2.24, 2.45) is 0 Å². The van der Waals surface area contributed by atoms with E-state index in [9.17, 15) is 4.79 Å². The van der Waals surface area contributed by atoms with Crippen molar-refractivity contribution in [3.63, 3.8) is 0 Å². The first-order valence-corrected chi connectivity index (χ1v) is 6.81. The van der Waals surface area contributed by atoms with Crippen LogP contribution >= 0.6 is 0 Å². The van der Waals surface area contributed by atoms with Crippen molar-refractivity contribution >= 4 is 17.1 Å². The van der Waals surface area contributed by atoms with Gasteiger partial charge in [0, 0.05) is 24.4 Å². The average molecular weight is 279 g/mol. The summed E-state index contributed by atoms with van der Waals surface area (Å²) in [6.45, 7) is 3.93. The fraction of sp³-hybridized carbons (Fsp3) is 0.176. The molecule has 0 spiro atoms. The lowest BCUT2D eigenvalue weighted by Gasteiger charge is -2.05. The zero-order valence-corrected chi connectivity index (χ0v) is 11.7. The quantitative estimate of drug-likeness (QED) is 0.791. The topological polar surface area (TPSA) is 66.7 Å². The maximum atomic E-state index is 12.0. The first-order valence-electron chi connectivity index (χ1n) is 6.81. The minimum atomic E-state index is -0.150. The van der Waals surface area contributed by atoms with Crippen LogP contribution < -0.4 is 0 Å². The van der Waals surface area contributed by atoms with Crippen molar-refractivity contribution in [1.29, 1.82) is 5.41 Å². The highest BCUT2D eigenvalue weighted by atomic mass is 16.1. The highest BCUT2D eigenvalue weighted by Gasteiger charge is 2.11. The van der Waals surface area contributed by atoms with Crippen LogP contribution in [0, 0.1) is 5.41 Å². The van der Waals surface area contributed by atoms with Crippen molar-refractivity contribution < 1.29 is 4.79 Å². The van der Waals surface area contributed by atoms with Gasteiger partial charge in [0.1, 0.15) is 5.71 Å². The van der Waals surface area contributed by atoms with Gasteiger partial charge in [0.15, 0.2) is 11.6 Å². The van der Waals surface area contributed by atoms with Crippen molar-refractivity contribution in [3.8, 4) is 0 Å². The molecule has 4 heteroatoms. The van der Waals surface area contributed by atoms with Gasteiger partial charge in [-0.3, -0.25) is 10.2 Å². The van der Waals surface area contributed by atoms with E-state index in [4.69, 9.17) is 5.41 Å². The third-order valence-corrected chi connectivity index (χ3v) is 3.11. The normalized spacial score (nSPS) is 10.1. The van der Waals surface area contributed by atoms with Crippen molar-refractivity contribution in [3.05, 3.63) is 66.8 Å². The molecule has 0 bridgehead atoms. The Morgan fingerprint density at radius 2 is 1.71 bits per heavy atom. The third-order valence-electron chi connectivity index (χ3n) is 3.11. The van der Waals surface area contributed by atoms with E-state index in [-0.39, 0.29) is 11.5 Å². The van der Waals surface area contributed by atoms with E-state index < -0.39 is 0 Å².